The number of carboxylic acid groups (broad SMARTS) is 1. The van der Waals surface area contributed by atoms with Gasteiger partial charge in [0.15, 0.2) is 11.6 Å². The fraction of sp³-hybridized carbons (Fsp3) is 0.423. The van der Waals surface area contributed by atoms with E-state index in [9.17, 15) is 14.3 Å². The van der Waals surface area contributed by atoms with Crippen LogP contribution in [0.4, 0.5) is 4.39 Å². The van der Waals surface area contributed by atoms with Crippen LogP contribution in [0.3, 0.4) is 0 Å². The van der Waals surface area contributed by atoms with Gasteiger partial charge < -0.3 is 14.7 Å². The number of hydrogen-bond acceptors (Lipinski definition) is 5. The van der Waals surface area contributed by atoms with Crippen LogP contribution in [0.25, 0.3) is 0 Å². The summed E-state index contributed by atoms with van der Waals surface area (Å²) in [6.07, 6.45) is 10.9. The van der Waals surface area contributed by atoms with Crippen molar-refractivity contribution in [2.75, 3.05) is 26.2 Å². The maximum absolute atomic E-state index is 14.1. The highest BCUT2D eigenvalue weighted by Crippen LogP contribution is 2.40. The predicted molar refractivity (Wildman–Crippen MR) is 137 cm³/mol. The minimum Gasteiger partial charge on any atom is -0.491 e. The minimum absolute atomic E-state index is 0.00791. The van der Waals surface area contributed by atoms with E-state index >= 15 is 0 Å². The Morgan fingerprint density at radius 2 is 2.15 bits per heavy atom. The van der Waals surface area contributed by atoms with E-state index < -0.39 is 5.97 Å². The maximum Gasteiger partial charge on any atom is 0.323 e. The van der Waals surface area contributed by atoms with Crippen molar-refractivity contribution in [1.29, 1.82) is 0 Å². The van der Waals surface area contributed by atoms with Crippen LogP contribution in [-0.4, -0.2) is 52.6 Å². The second-order valence-corrected chi connectivity index (χ2v) is 9.42. The molecule has 184 valence electrons. The number of allylic oxidation sites excluding steroid dienone is 2. The topological polar surface area (TPSA) is 53.0 Å². The van der Waals surface area contributed by atoms with Crippen LogP contribution < -0.4 is 4.74 Å². The molecule has 34 heavy (non-hydrogen) atoms. The van der Waals surface area contributed by atoms with E-state index in [1.807, 2.05) is 56.2 Å². The van der Waals surface area contributed by atoms with Gasteiger partial charge in [0, 0.05) is 36.0 Å². The third kappa shape index (κ3) is 6.46. The third-order valence-electron chi connectivity index (χ3n) is 5.78. The lowest BCUT2D eigenvalue weighted by molar-refractivity contribution is -0.137. The van der Waals surface area contributed by atoms with Crippen LogP contribution in [0.5, 0.6) is 5.75 Å². The molecule has 0 aromatic heterocycles. The van der Waals surface area contributed by atoms with Crippen molar-refractivity contribution in [1.82, 2.24) is 9.21 Å². The zero-order valence-corrected chi connectivity index (χ0v) is 21.4. The number of ether oxygens (including phenoxy) is 1. The molecule has 3 aliphatic rings. The molecule has 0 amide bonds. The lowest BCUT2D eigenvalue weighted by Gasteiger charge is -2.29. The average molecular weight is 507 g/mol. The van der Waals surface area contributed by atoms with Crippen LogP contribution in [0.1, 0.15) is 32.8 Å². The summed E-state index contributed by atoms with van der Waals surface area (Å²) in [5, 5.41) is 9.95. The van der Waals surface area contributed by atoms with E-state index in [0.29, 0.717) is 23.1 Å². The molecule has 8 heteroatoms. The normalized spacial score (nSPS) is 21.7. The molecule has 0 fully saturated rings. The average Bonchev–Trinajstić information content (AvgIpc) is 3.17. The maximum atomic E-state index is 14.1. The Morgan fingerprint density at radius 3 is 2.79 bits per heavy atom. The number of nitrogens with zero attached hydrogens (tertiary/aromatic N) is 2. The van der Waals surface area contributed by atoms with Gasteiger partial charge in [-0.3, -0.25) is 4.79 Å². The van der Waals surface area contributed by atoms with Gasteiger partial charge in [0.05, 0.1) is 12.6 Å². The third-order valence-corrected chi connectivity index (χ3v) is 7.19. The number of hydrogen-bond donors (Lipinski definition) is 1. The first-order valence-electron chi connectivity index (χ1n) is 11.7. The summed E-state index contributed by atoms with van der Waals surface area (Å²) >= 11 is 7.93. The molecular formula is C26H32ClFN2O3S. The summed E-state index contributed by atoms with van der Waals surface area (Å²) in [7, 11) is 0. The van der Waals surface area contributed by atoms with Crippen molar-refractivity contribution in [3.63, 3.8) is 0 Å². The van der Waals surface area contributed by atoms with Crippen molar-refractivity contribution in [2.45, 2.75) is 39.0 Å². The lowest BCUT2D eigenvalue weighted by Crippen LogP contribution is -2.35. The first-order chi connectivity index (χ1) is 16.4. The molecule has 5 nitrogen and oxygen atoms in total. The Labute approximate surface area is 210 Å². The summed E-state index contributed by atoms with van der Waals surface area (Å²) in [4.78, 5) is 13.2. The van der Waals surface area contributed by atoms with Gasteiger partial charge in [-0.2, -0.15) is 0 Å². The quantitative estimate of drug-likeness (QED) is 0.437. The second-order valence-electron chi connectivity index (χ2n) is 7.92. The molecule has 0 saturated heterocycles. The lowest BCUT2D eigenvalue weighted by atomic mass is 9.85. The van der Waals surface area contributed by atoms with Crippen LogP contribution in [0.2, 0.25) is 0 Å². The molecule has 0 radical (unpaired) electrons. The van der Waals surface area contributed by atoms with Crippen molar-refractivity contribution in [2.24, 2.45) is 5.92 Å². The van der Waals surface area contributed by atoms with Crippen molar-refractivity contribution in [3.8, 4) is 5.75 Å². The highest BCUT2D eigenvalue weighted by atomic mass is 35.5. The first-order valence-corrected chi connectivity index (χ1v) is 13.0. The number of fused-ring (bicyclic) bond motifs is 1. The number of benzene rings is 1. The predicted octanol–water partition coefficient (Wildman–Crippen LogP) is 5.99. The Balaban J connectivity index is 0.00000158. The van der Waals surface area contributed by atoms with E-state index in [0.717, 1.165) is 30.6 Å². The Morgan fingerprint density at radius 1 is 1.35 bits per heavy atom. The molecule has 1 aliphatic carbocycles. The van der Waals surface area contributed by atoms with Crippen LogP contribution in [0.15, 0.2) is 64.9 Å². The second kappa shape index (κ2) is 12.5. The first kappa shape index (κ1) is 26.4. The molecule has 2 heterocycles. The zero-order valence-electron chi connectivity index (χ0n) is 19.8. The molecule has 2 atom stereocenters. The van der Waals surface area contributed by atoms with E-state index in [4.69, 9.17) is 16.3 Å². The highest BCUT2D eigenvalue weighted by molar-refractivity contribution is 7.96. The molecule has 1 aromatic rings. The number of halogens is 2. The largest absolute Gasteiger partial charge is 0.491 e. The Bertz CT molecular complexity index is 1010. The number of carboxylic acids is 1. The van der Waals surface area contributed by atoms with Crippen LogP contribution >= 0.6 is 23.5 Å². The summed E-state index contributed by atoms with van der Waals surface area (Å²) < 4.78 is 21.6. The van der Waals surface area contributed by atoms with E-state index in [2.05, 4.69) is 10.4 Å². The molecule has 4 rings (SSSR count). The van der Waals surface area contributed by atoms with Gasteiger partial charge in [0.2, 0.25) is 0 Å². The molecule has 0 bridgehead atoms. The van der Waals surface area contributed by atoms with Gasteiger partial charge in [-0.15, -0.1) is 0 Å². The van der Waals surface area contributed by atoms with Gasteiger partial charge in [-0.25, -0.2) is 8.70 Å². The highest BCUT2D eigenvalue weighted by Gasteiger charge is 2.36. The van der Waals surface area contributed by atoms with Crippen LogP contribution in [-0.2, 0) is 10.5 Å². The molecule has 2 unspecified atom stereocenters. The summed E-state index contributed by atoms with van der Waals surface area (Å²) in [5.41, 5.74) is 3.31. The van der Waals surface area contributed by atoms with Gasteiger partial charge in [-0.1, -0.05) is 61.7 Å². The Hall–Kier alpha value is -2.22. The van der Waals surface area contributed by atoms with Crippen molar-refractivity contribution < 1.29 is 19.0 Å². The standard InChI is InChI=1S/C24H26ClFN2O3S.C2H6/c1-2-31-23-6-3-16(11-21(23)26)15-32-28-9-7-17(8-10-28)20-13-27(14-24(29)30)22-5-4-18(25)12-19(20)22;1-2/h3-7,11-13,19,22H,2,8-10,14-15H2,1H3,(H,29,30);1-2H3. The molecule has 1 N–H and O–H groups in total. The molecule has 1 aromatic carbocycles. The van der Waals surface area contributed by atoms with Gasteiger partial charge in [0.1, 0.15) is 6.54 Å². The van der Waals surface area contributed by atoms with E-state index in [-0.39, 0.29) is 24.3 Å². The SMILES string of the molecule is CC.CCOc1ccc(CSN2CC=C(C3=CN(CC(=O)O)C4C=CC(Cl)=CC34)CC2)cc1F. The number of rotatable bonds is 8. The summed E-state index contributed by atoms with van der Waals surface area (Å²) in [5.74, 6) is -0.119. The fourth-order valence-corrected chi connectivity index (χ4v) is 5.40. The summed E-state index contributed by atoms with van der Waals surface area (Å²) in [6, 6.07) is 5.12. The van der Waals surface area contributed by atoms with E-state index in [1.54, 1.807) is 18.0 Å². The number of carbonyl (C=O) groups is 1. The monoisotopic (exact) mass is 506 g/mol. The summed E-state index contributed by atoms with van der Waals surface area (Å²) in [6.45, 7) is 7.90. The van der Waals surface area contributed by atoms with Gasteiger partial charge in [-0.05, 0) is 48.3 Å². The number of aliphatic carboxylic acids is 1. The van der Waals surface area contributed by atoms with Crippen molar-refractivity contribution >= 4 is 29.5 Å². The zero-order chi connectivity index (χ0) is 24.7. The van der Waals surface area contributed by atoms with Crippen molar-refractivity contribution in [3.05, 3.63) is 76.3 Å². The molecule has 0 saturated carbocycles. The molecule has 0 spiro atoms. The van der Waals surface area contributed by atoms with Gasteiger partial charge in [0.25, 0.3) is 0 Å². The fourth-order valence-electron chi connectivity index (χ4n) is 4.28. The smallest absolute Gasteiger partial charge is 0.323 e. The molecular weight excluding hydrogens is 475 g/mol. The van der Waals surface area contributed by atoms with E-state index in [1.165, 1.54) is 11.6 Å². The van der Waals surface area contributed by atoms with Gasteiger partial charge >= 0.3 is 5.97 Å². The minimum atomic E-state index is -0.846. The van der Waals surface area contributed by atoms with Crippen LogP contribution in [0, 0.1) is 11.7 Å². The molecule has 2 aliphatic heterocycles. The Kier molecular flexibility index (Phi) is 9.68.